The Balaban J connectivity index is 1.98. The summed E-state index contributed by atoms with van der Waals surface area (Å²) in [5.74, 6) is -1.14. The van der Waals surface area contributed by atoms with Crippen LogP contribution in [0.25, 0.3) is 10.8 Å². The fourth-order valence-corrected chi connectivity index (χ4v) is 2.23. The Morgan fingerprint density at radius 1 is 1.24 bits per heavy atom. The molecule has 0 aliphatic carbocycles. The van der Waals surface area contributed by atoms with E-state index < -0.39 is 5.97 Å². The second-order valence-corrected chi connectivity index (χ2v) is 4.98. The monoisotopic (exact) mass is 306 g/mol. The van der Waals surface area contributed by atoms with E-state index in [1.54, 1.807) is 6.07 Å². The number of aromatic nitrogens is 1. The second-order valence-electron chi connectivity index (χ2n) is 4.63. The molecule has 1 heterocycles. The van der Waals surface area contributed by atoms with Gasteiger partial charge in [-0.15, -0.1) is 0 Å². The molecule has 5 nitrogen and oxygen atoms in total. The number of amides is 1. The molecule has 110 valence electrons. The second kappa shape index (κ2) is 7.04. The standard InChI is InChI=1S/C15H15ClN2O3/c16-14-11-6-2-1-5-10(11)9-12(18-14)15(21)17-8-4-3-7-13(19)20/h1-2,5-6,9H,3-4,7-8H2,(H,17,21)(H,19,20). The minimum Gasteiger partial charge on any atom is -0.481 e. The number of carboxylic acids is 1. The van der Waals surface area contributed by atoms with Crippen molar-refractivity contribution in [1.82, 2.24) is 10.3 Å². The van der Waals surface area contributed by atoms with Crippen molar-refractivity contribution >= 4 is 34.2 Å². The molecule has 2 aromatic rings. The number of aliphatic carboxylic acids is 1. The molecule has 0 spiro atoms. The summed E-state index contributed by atoms with van der Waals surface area (Å²) in [6.07, 6.45) is 1.25. The van der Waals surface area contributed by atoms with Crippen LogP contribution in [0.2, 0.25) is 5.15 Å². The SMILES string of the molecule is O=C(O)CCCCNC(=O)c1cc2ccccc2c(Cl)n1. The number of halogens is 1. The number of pyridine rings is 1. The Hall–Kier alpha value is -2.14. The van der Waals surface area contributed by atoms with Gasteiger partial charge in [0.05, 0.1) is 0 Å². The van der Waals surface area contributed by atoms with Crippen LogP contribution in [0.15, 0.2) is 30.3 Å². The van der Waals surface area contributed by atoms with Crippen LogP contribution in [-0.2, 0) is 4.79 Å². The van der Waals surface area contributed by atoms with Gasteiger partial charge in [0.25, 0.3) is 5.91 Å². The van der Waals surface area contributed by atoms with E-state index in [0.717, 1.165) is 10.8 Å². The van der Waals surface area contributed by atoms with Gasteiger partial charge >= 0.3 is 5.97 Å². The summed E-state index contributed by atoms with van der Waals surface area (Å²) in [4.78, 5) is 26.4. The lowest BCUT2D eigenvalue weighted by Gasteiger charge is -2.06. The third-order valence-electron chi connectivity index (χ3n) is 3.03. The van der Waals surface area contributed by atoms with Crippen LogP contribution in [0.3, 0.4) is 0 Å². The van der Waals surface area contributed by atoms with Gasteiger partial charge < -0.3 is 10.4 Å². The number of carbonyl (C=O) groups excluding carboxylic acids is 1. The molecule has 0 aliphatic rings. The number of nitrogens with one attached hydrogen (secondary N) is 1. The van der Waals surface area contributed by atoms with E-state index in [1.807, 2.05) is 24.3 Å². The van der Waals surface area contributed by atoms with Crippen molar-refractivity contribution in [3.05, 3.63) is 41.2 Å². The first-order valence-corrected chi connectivity index (χ1v) is 7.01. The van der Waals surface area contributed by atoms with E-state index in [2.05, 4.69) is 10.3 Å². The minimum absolute atomic E-state index is 0.107. The van der Waals surface area contributed by atoms with E-state index in [9.17, 15) is 9.59 Å². The van der Waals surface area contributed by atoms with Crippen LogP contribution in [0.5, 0.6) is 0 Å². The number of hydrogen-bond acceptors (Lipinski definition) is 3. The molecule has 2 rings (SSSR count). The van der Waals surface area contributed by atoms with Crippen molar-refractivity contribution < 1.29 is 14.7 Å². The normalized spacial score (nSPS) is 10.5. The Morgan fingerprint density at radius 3 is 2.76 bits per heavy atom. The summed E-state index contributed by atoms with van der Waals surface area (Å²) in [6, 6.07) is 9.13. The van der Waals surface area contributed by atoms with Crippen molar-refractivity contribution in [3.63, 3.8) is 0 Å². The molecule has 0 fully saturated rings. The van der Waals surface area contributed by atoms with Gasteiger partial charge in [-0.2, -0.15) is 0 Å². The fraction of sp³-hybridized carbons (Fsp3) is 0.267. The summed E-state index contributed by atoms with van der Waals surface area (Å²) in [5, 5.41) is 13.2. The van der Waals surface area contributed by atoms with Crippen molar-refractivity contribution in [2.24, 2.45) is 0 Å². The number of carboxylic acid groups (broad SMARTS) is 1. The van der Waals surface area contributed by atoms with Crippen LogP contribution in [0.1, 0.15) is 29.8 Å². The average Bonchev–Trinajstić information content (AvgIpc) is 2.46. The lowest BCUT2D eigenvalue weighted by molar-refractivity contribution is -0.137. The molecule has 2 N–H and O–H groups in total. The van der Waals surface area contributed by atoms with E-state index in [-0.39, 0.29) is 18.0 Å². The Kier molecular flexibility index (Phi) is 5.11. The van der Waals surface area contributed by atoms with Gasteiger partial charge in [-0.05, 0) is 24.3 Å². The van der Waals surface area contributed by atoms with Gasteiger partial charge in [0.15, 0.2) is 0 Å². The first kappa shape index (κ1) is 15.3. The third-order valence-corrected chi connectivity index (χ3v) is 3.32. The molecule has 0 atom stereocenters. The van der Waals surface area contributed by atoms with E-state index in [1.165, 1.54) is 0 Å². The van der Waals surface area contributed by atoms with Crippen molar-refractivity contribution in [1.29, 1.82) is 0 Å². The molecule has 1 aromatic carbocycles. The number of carbonyl (C=O) groups is 2. The van der Waals surface area contributed by atoms with E-state index in [4.69, 9.17) is 16.7 Å². The van der Waals surface area contributed by atoms with Crippen LogP contribution in [-0.4, -0.2) is 28.5 Å². The van der Waals surface area contributed by atoms with Gasteiger partial charge in [-0.1, -0.05) is 35.9 Å². The topological polar surface area (TPSA) is 79.3 Å². The van der Waals surface area contributed by atoms with Gasteiger partial charge in [0.2, 0.25) is 0 Å². The maximum absolute atomic E-state index is 12.0. The molecular weight excluding hydrogens is 292 g/mol. The highest BCUT2D eigenvalue weighted by Crippen LogP contribution is 2.22. The molecule has 0 radical (unpaired) electrons. The Labute approximate surface area is 126 Å². The van der Waals surface area contributed by atoms with Crippen LogP contribution in [0.4, 0.5) is 0 Å². The lowest BCUT2D eigenvalue weighted by atomic mass is 10.1. The molecule has 6 heteroatoms. The molecule has 0 unspecified atom stereocenters. The molecule has 0 bridgehead atoms. The summed E-state index contributed by atoms with van der Waals surface area (Å²) in [6.45, 7) is 0.415. The first-order chi connectivity index (χ1) is 10.1. The average molecular weight is 307 g/mol. The fourth-order valence-electron chi connectivity index (χ4n) is 1.97. The highest BCUT2D eigenvalue weighted by molar-refractivity contribution is 6.34. The summed E-state index contributed by atoms with van der Waals surface area (Å²) >= 11 is 6.07. The molecule has 1 amide bonds. The zero-order valence-electron chi connectivity index (χ0n) is 11.3. The quantitative estimate of drug-likeness (QED) is 0.635. The molecule has 21 heavy (non-hydrogen) atoms. The molecule has 0 saturated carbocycles. The summed E-state index contributed by atoms with van der Waals surface area (Å²) in [5.41, 5.74) is 0.261. The van der Waals surface area contributed by atoms with Gasteiger partial charge in [-0.25, -0.2) is 4.98 Å². The molecule has 1 aromatic heterocycles. The van der Waals surface area contributed by atoms with Gasteiger partial charge in [0.1, 0.15) is 10.8 Å². The number of fused-ring (bicyclic) bond motifs is 1. The van der Waals surface area contributed by atoms with Gasteiger partial charge in [0, 0.05) is 18.4 Å². The van der Waals surface area contributed by atoms with Gasteiger partial charge in [-0.3, -0.25) is 9.59 Å². The zero-order chi connectivity index (χ0) is 15.2. The van der Waals surface area contributed by atoms with E-state index >= 15 is 0 Å². The largest absolute Gasteiger partial charge is 0.481 e. The predicted molar refractivity (Wildman–Crippen MR) is 80.6 cm³/mol. The molecule has 0 aliphatic heterocycles. The summed E-state index contributed by atoms with van der Waals surface area (Å²) in [7, 11) is 0. The first-order valence-electron chi connectivity index (χ1n) is 6.63. The van der Waals surface area contributed by atoms with Crippen LogP contribution < -0.4 is 5.32 Å². The van der Waals surface area contributed by atoms with E-state index in [0.29, 0.717) is 24.5 Å². The number of hydrogen-bond donors (Lipinski definition) is 2. The number of unbranched alkanes of at least 4 members (excludes halogenated alkanes) is 1. The van der Waals surface area contributed by atoms with Crippen molar-refractivity contribution in [2.45, 2.75) is 19.3 Å². The minimum atomic E-state index is -0.829. The Bertz CT molecular complexity index is 673. The number of benzene rings is 1. The molecular formula is C15H15ClN2O3. The maximum atomic E-state index is 12.0. The maximum Gasteiger partial charge on any atom is 0.303 e. The predicted octanol–water partition coefficient (Wildman–Crippen LogP) is 2.87. The number of rotatable bonds is 6. The highest BCUT2D eigenvalue weighted by atomic mass is 35.5. The Morgan fingerprint density at radius 2 is 2.00 bits per heavy atom. The summed E-state index contributed by atoms with van der Waals surface area (Å²) < 4.78 is 0. The van der Waals surface area contributed by atoms with Crippen LogP contribution >= 0.6 is 11.6 Å². The van der Waals surface area contributed by atoms with Crippen LogP contribution in [0, 0.1) is 0 Å². The number of nitrogens with zero attached hydrogens (tertiary/aromatic N) is 1. The highest BCUT2D eigenvalue weighted by Gasteiger charge is 2.10. The van der Waals surface area contributed by atoms with Crippen molar-refractivity contribution in [3.8, 4) is 0 Å². The lowest BCUT2D eigenvalue weighted by Crippen LogP contribution is -2.25. The van der Waals surface area contributed by atoms with Crippen molar-refractivity contribution in [2.75, 3.05) is 6.54 Å². The third kappa shape index (κ3) is 4.16. The molecule has 0 saturated heterocycles. The zero-order valence-corrected chi connectivity index (χ0v) is 12.1. The smallest absolute Gasteiger partial charge is 0.303 e.